The molecule has 2 aliphatic carbocycles. The smallest absolute Gasteiger partial charge is 0.192 e. The van der Waals surface area contributed by atoms with E-state index in [0.29, 0.717) is 6.61 Å². The van der Waals surface area contributed by atoms with E-state index >= 15 is 0 Å². The van der Waals surface area contributed by atoms with Crippen molar-refractivity contribution in [1.82, 2.24) is 0 Å². The molecule has 0 N–H and O–H groups in total. The molecule has 40 heavy (non-hydrogen) atoms. The maximum atomic E-state index is 12.9. The molecule has 4 nitrogen and oxygen atoms in total. The molecule has 1 saturated carbocycles. The Bertz CT molecular complexity index is 964. The number of fused-ring (bicyclic) bond motifs is 1. The van der Waals surface area contributed by atoms with Crippen LogP contribution in [0.3, 0.4) is 0 Å². The molecular formula is C33H66O4Si3. The molecule has 0 unspecified atom stereocenters. The zero-order valence-electron chi connectivity index (χ0n) is 29.8. The topological polar surface area (TPSA) is 44.8 Å². The maximum Gasteiger partial charge on any atom is 0.192 e. The number of allylic oxidation sites excluding steroid dienone is 1. The molecular weight excluding hydrogens is 545 g/mol. The molecule has 0 aromatic rings. The highest BCUT2D eigenvalue weighted by molar-refractivity contribution is 6.75. The van der Waals surface area contributed by atoms with E-state index in [1.807, 2.05) is 0 Å². The van der Waals surface area contributed by atoms with Gasteiger partial charge in [-0.3, -0.25) is 4.79 Å². The zero-order valence-corrected chi connectivity index (χ0v) is 32.8. The summed E-state index contributed by atoms with van der Waals surface area (Å²) in [5, 5.41) is 0.354. The van der Waals surface area contributed by atoms with Crippen LogP contribution in [0.2, 0.25) is 54.4 Å². The van der Waals surface area contributed by atoms with Gasteiger partial charge in [0.25, 0.3) is 0 Å². The fourth-order valence-electron chi connectivity index (χ4n) is 6.12. The van der Waals surface area contributed by atoms with Crippen LogP contribution in [-0.4, -0.2) is 50.1 Å². The largest absolute Gasteiger partial charge is 0.416 e. The molecule has 2 aliphatic rings. The maximum absolute atomic E-state index is 12.9. The second-order valence-corrected chi connectivity index (χ2v) is 32.6. The SMILES string of the molecule is CC1=C(C=O)[C@@]2(C)CC[C@H](O[Si](C)(C)C(C)(C)C)[C@@](C)(CO[Si](C)(C)C(C)(C)C)[C@@H]2C[C@@H]1O[Si](C)(C)C(C)(C)C. The lowest BCUT2D eigenvalue weighted by Gasteiger charge is -2.61. The van der Waals surface area contributed by atoms with E-state index in [9.17, 15) is 4.79 Å². The summed E-state index contributed by atoms with van der Waals surface area (Å²) in [4.78, 5) is 12.9. The third kappa shape index (κ3) is 6.69. The standard InChI is InChI=1S/C33H66O4Si3/c1-24-25(22-34)32(11)20-19-28(37-40(17,18)31(8,9)10)33(12,23-35-38(13,14)29(2,3)4)27(32)21-26(24)36-39(15,16)30(5,6)7/h22,26-28H,19-21,23H2,1-18H3/t26-,27+,28-,32+,33-/m0/s1. The molecule has 234 valence electrons. The number of carbonyl (C=O) groups is 1. The molecule has 0 aromatic heterocycles. The Morgan fingerprint density at radius 2 is 1.25 bits per heavy atom. The highest BCUT2D eigenvalue weighted by atomic mass is 28.4. The second kappa shape index (κ2) is 11.1. The van der Waals surface area contributed by atoms with E-state index in [1.54, 1.807) is 0 Å². The van der Waals surface area contributed by atoms with Gasteiger partial charge < -0.3 is 13.3 Å². The van der Waals surface area contributed by atoms with Crippen LogP contribution in [-0.2, 0) is 18.1 Å². The van der Waals surface area contributed by atoms with Gasteiger partial charge in [-0.15, -0.1) is 0 Å². The number of aldehydes is 1. The van der Waals surface area contributed by atoms with Gasteiger partial charge in [-0.25, -0.2) is 0 Å². The average molecular weight is 611 g/mol. The lowest BCUT2D eigenvalue weighted by atomic mass is 9.49. The minimum atomic E-state index is -2.06. The van der Waals surface area contributed by atoms with Crippen LogP contribution < -0.4 is 0 Å². The van der Waals surface area contributed by atoms with Gasteiger partial charge in [0.15, 0.2) is 25.0 Å². The van der Waals surface area contributed by atoms with E-state index < -0.39 is 25.0 Å². The van der Waals surface area contributed by atoms with E-state index in [4.69, 9.17) is 13.3 Å². The van der Waals surface area contributed by atoms with Crippen LogP contribution in [0.1, 0.15) is 102 Å². The first-order valence-electron chi connectivity index (χ1n) is 15.7. The Morgan fingerprint density at radius 1 is 0.800 bits per heavy atom. The molecule has 0 aliphatic heterocycles. The molecule has 0 spiro atoms. The molecule has 7 heteroatoms. The first kappa shape index (κ1) is 36.1. The Morgan fingerprint density at radius 3 is 1.68 bits per heavy atom. The molecule has 5 atom stereocenters. The monoisotopic (exact) mass is 610 g/mol. The fourth-order valence-corrected chi connectivity index (χ4v) is 10.0. The minimum absolute atomic E-state index is 0.0435. The summed E-state index contributed by atoms with van der Waals surface area (Å²) < 4.78 is 21.5. The van der Waals surface area contributed by atoms with Gasteiger partial charge in [0, 0.05) is 12.0 Å². The van der Waals surface area contributed by atoms with Crippen LogP contribution in [0.15, 0.2) is 11.1 Å². The molecule has 0 saturated heterocycles. The van der Waals surface area contributed by atoms with Crippen molar-refractivity contribution in [3.05, 3.63) is 11.1 Å². The molecule has 2 rings (SSSR count). The van der Waals surface area contributed by atoms with Crippen molar-refractivity contribution >= 4 is 31.2 Å². The van der Waals surface area contributed by atoms with Gasteiger partial charge in [-0.2, -0.15) is 0 Å². The molecule has 1 fully saturated rings. The van der Waals surface area contributed by atoms with Crippen LogP contribution in [0.5, 0.6) is 0 Å². The van der Waals surface area contributed by atoms with Crippen molar-refractivity contribution in [2.24, 2.45) is 16.7 Å². The number of hydrogen-bond donors (Lipinski definition) is 0. The van der Waals surface area contributed by atoms with Gasteiger partial charge in [-0.1, -0.05) is 76.2 Å². The quantitative estimate of drug-likeness (QED) is 0.203. The number of rotatable bonds is 8. The molecule has 0 bridgehead atoms. The van der Waals surface area contributed by atoms with Gasteiger partial charge >= 0.3 is 0 Å². The first-order chi connectivity index (χ1) is 17.6. The summed E-state index contributed by atoms with van der Waals surface area (Å²) >= 11 is 0. The van der Waals surface area contributed by atoms with Crippen LogP contribution in [0, 0.1) is 16.7 Å². The van der Waals surface area contributed by atoms with E-state index in [0.717, 1.165) is 36.7 Å². The molecule has 0 amide bonds. The Labute approximate surface area is 252 Å². The molecule has 0 radical (unpaired) electrons. The summed E-state index contributed by atoms with van der Waals surface area (Å²) in [6.07, 6.45) is 4.04. The molecule has 0 aromatic carbocycles. The summed E-state index contributed by atoms with van der Waals surface area (Å²) in [7, 11) is -6.11. The van der Waals surface area contributed by atoms with Crippen molar-refractivity contribution in [1.29, 1.82) is 0 Å². The Balaban J connectivity index is 2.69. The van der Waals surface area contributed by atoms with Crippen molar-refractivity contribution in [3.8, 4) is 0 Å². The summed E-state index contributed by atoms with van der Waals surface area (Å²) in [5.41, 5.74) is 1.67. The van der Waals surface area contributed by atoms with E-state index in [2.05, 4.69) is 122 Å². The summed E-state index contributed by atoms with van der Waals surface area (Å²) in [6, 6.07) is 0. The summed E-state index contributed by atoms with van der Waals surface area (Å²) in [6.45, 7) is 42.6. The van der Waals surface area contributed by atoms with Crippen molar-refractivity contribution in [2.75, 3.05) is 6.61 Å². The van der Waals surface area contributed by atoms with Gasteiger partial charge in [-0.05, 0) is 103 Å². The second-order valence-electron chi connectivity index (χ2n) is 18.2. The van der Waals surface area contributed by atoms with Gasteiger partial charge in [0.1, 0.15) is 6.29 Å². The Kier molecular flexibility index (Phi) is 10.1. The van der Waals surface area contributed by atoms with Crippen molar-refractivity contribution in [3.63, 3.8) is 0 Å². The minimum Gasteiger partial charge on any atom is -0.416 e. The fraction of sp³-hybridized carbons (Fsp3) is 0.909. The van der Waals surface area contributed by atoms with Gasteiger partial charge in [0.05, 0.1) is 12.2 Å². The third-order valence-corrected chi connectivity index (χ3v) is 25.8. The van der Waals surface area contributed by atoms with E-state index in [-0.39, 0.29) is 44.1 Å². The van der Waals surface area contributed by atoms with Crippen LogP contribution >= 0.6 is 0 Å². The highest BCUT2D eigenvalue weighted by Gasteiger charge is 2.60. The predicted molar refractivity (Wildman–Crippen MR) is 180 cm³/mol. The Hall–Kier alpha value is -0.0594. The lowest BCUT2D eigenvalue weighted by Crippen LogP contribution is -2.62. The number of hydrogen-bond acceptors (Lipinski definition) is 4. The van der Waals surface area contributed by atoms with Crippen LogP contribution in [0.25, 0.3) is 0 Å². The van der Waals surface area contributed by atoms with Crippen LogP contribution in [0.4, 0.5) is 0 Å². The average Bonchev–Trinajstić information content (AvgIpc) is 2.74. The van der Waals surface area contributed by atoms with Crippen molar-refractivity contribution < 1.29 is 18.1 Å². The molecule has 0 heterocycles. The number of carbonyl (C=O) groups excluding carboxylic acids is 1. The third-order valence-electron chi connectivity index (χ3n) is 12.4. The zero-order chi connectivity index (χ0) is 31.5. The first-order valence-corrected chi connectivity index (χ1v) is 24.5. The van der Waals surface area contributed by atoms with Crippen molar-refractivity contribution in [2.45, 2.75) is 169 Å². The normalized spacial score (nSPS) is 31.3. The van der Waals surface area contributed by atoms with E-state index in [1.165, 1.54) is 0 Å². The summed E-state index contributed by atoms with van der Waals surface area (Å²) in [5.74, 6) is 0.229. The van der Waals surface area contributed by atoms with Gasteiger partial charge in [0.2, 0.25) is 0 Å². The highest BCUT2D eigenvalue weighted by Crippen LogP contribution is 2.62. The lowest BCUT2D eigenvalue weighted by molar-refractivity contribution is -0.129. The predicted octanol–water partition coefficient (Wildman–Crippen LogP) is 10.1.